The number of benzene rings is 1. The minimum Gasteiger partial charge on any atom is -0.467 e. The lowest BCUT2D eigenvalue weighted by Crippen LogP contribution is -2.39. The summed E-state index contributed by atoms with van der Waals surface area (Å²) >= 11 is 5.92. The molecule has 1 aliphatic heterocycles. The molecular weight excluding hydrogens is 254 g/mol. The van der Waals surface area contributed by atoms with Crippen molar-refractivity contribution >= 4 is 23.5 Å². The number of amides is 1. The molecule has 1 heterocycles. The summed E-state index contributed by atoms with van der Waals surface area (Å²) in [5.74, 6) is -0.627. The number of esters is 1. The number of hydrogen-bond acceptors (Lipinski definition) is 3. The summed E-state index contributed by atoms with van der Waals surface area (Å²) in [4.78, 5) is 25.0. The van der Waals surface area contributed by atoms with Gasteiger partial charge in [-0.3, -0.25) is 4.79 Å². The molecule has 1 saturated heterocycles. The number of rotatable bonds is 3. The molecule has 2 rings (SSSR count). The first-order valence-corrected chi connectivity index (χ1v) is 6.13. The first-order chi connectivity index (χ1) is 8.63. The Labute approximate surface area is 110 Å². The summed E-state index contributed by atoms with van der Waals surface area (Å²) in [6.45, 7) is 0.378. The molecule has 5 heteroatoms. The second-order valence-corrected chi connectivity index (χ2v) is 4.72. The molecule has 96 valence electrons. The van der Waals surface area contributed by atoms with Gasteiger partial charge in [0.25, 0.3) is 0 Å². The number of ether oxygens (including phenoxy) is 1. The molecule has 18 heavy (non-hydrogen) atoms. The minimum atomic E-state index is -0.641. The van der Waals surface area contributed by atoms with E-state index >= 15 is 0 Å². The Morgan fingerprint density at radius 2 is 2.11 bits per heavy atom. The Hall–Kier alpha value is -1.55. The highest BCUT2D eigenvalue weighted by molar-refractivity contribution is 6.31. The van der Waals surface area contributed by atoms with Gasteiger partial charge in [-0.25, -0.2) is 4.79 Å². The van der Waals surface area contributed by atoms with E-state index in [0.717, 1.165) is 5.56 Å². The van der Waals surface area contributed by atoms with Crippen LogP contribution in [0.5, 0.6) is 0 Å². The number of methoxy groups -OCH3 is 1. The van der Waals surface area contributed by atoms with Crippen LogP contribution in [-0.4, -0.2) is 35.3 Å². The highest BCUT2D eigenvalue weighted by atomic mass is 35.5. The summed E-state index contributed by atoms with van der Waals surface area (Å²) in [5.41, 5.74) is 0.963. The van der Waals surface area contributed by atoms with Gasteiger partial charge in [-0.1, -0.05) is 30.3 Å². The quantitative estimate of drug-likeness (QED) is 0.617. The van der Waals surface area contributed by atoms with Crippen LogP contribution in [0.2, 0.25) is 0 Å². The number of nitrogens with zero attached hydrogens (tertiary/aromatic N) is 1. The second kappa shape index (κ2) is 5.40. The van der Waals surface area contributed by atoms with E-state index in [4.69, 9.17) is 16.3 Å². The van der Waals surface area contributed by atoms with Crippen molar-refractivity contribution in [2.75, 3.05) is 7.11 Å². The fraction of sp³-hybridized carbons (Fsp3) is 0.385. The van der Waals surface area contributed by atoms with E-state index in [1.54, 1.807) is 0 Å². The Kier molecular flexibility index (Phi) is 3.87. The van der Waals surface area contributed by atoms with Crippen LogP contribution in [0.4, 0.5) is 0 Å². The molecule has 0 N–H and O–H groups in total. The van der Waals surface area contributed by atoms with Crippen molar-refractivity contribution in [1.82, 2.24) is 4.90 Å². The number of hydrogen-bond donors (Lipinski definition) is 0. The monoisotopic (exact) mass is 267 g/mol. The maximum Gasteiger partial charge on any atom is 0.328 e. The lowest BCUT2D eigenvalue weighted by atomic mass is 10.2. The standard InChI is InChI=1S/C13H14ClNO3/c1-18-13(17)11-7-10(14)12(16)15(11)8-9-5-3-2-4-6-9/h2-6,10-11H,7-8H2,1H3. The van der Waals surface area contributed by atoms with E-state index in [1.165, 1.54) is 12.0 Å². The second-order valence-electron chi connectivity index (χ2n) is 4.19. The number of likely N-dealkylation sites (tertiary alicyclic amines) is 1. The van der Waals surface area contributed by atoms with E-state index in [1.807, 2.05) is 30.3 Å². The van der Waals surface area contributed by atoms with Crippen molar-refractivity contribution in [2.24, 2.45) is 0 Å². The third kappa shape index (κ3) is 2.48. The van der Waals surface area contributed by atoms with Crippen LogP contribution in [0.25, 0.3) is 0 Å². The summed E-state index contributed by atoms with van der Waals surface area (Å²) < 4.78 is 4.71. The van der Waals surface area contributed by atoms with Crippen LogP contribution in [0.15, 0.2) is 30.3 Å². The highest BCUT2D eigenvalue weighted by Crippen LogP contribution is 2.26. The molecule has 1 fully saturated rings. The number of carbonyl (C=O) groups is 2. The zero-order chi connectivity index (χ0) is 13.1. The highest BCUT2D eigenvalue weighted by Gasteiger charge is 2.42. The van der Waals surface area contributed by atoms with Gasteiger partial charge in [0.05, 0.1) is 7.11 Å². The first kappa shape index (κ1) is 12.9. The molecule has 0 bridgehead atoms. The van der Waals surface area contributed by atoms with Crippen molar-refractivity contribution in [3.8, 4) is 0 Å². The smallest absolute Gasteiger partial charge is 0.328 e. The van der Waals surface area contributed by atoms with Crippen LogP contribution in [0.1, 0.15) is 12.0 Å². The zero-order valence-corrected chi connectivity index (χ0v) is 10.8. The van der Waals surface area contributed by atoms with Gasteiger partial charge >= 0.3 is 5.97 Å². The van der Waals surface area contributed by atoms with E-state index in [0.29, 0.717) is 13.0 Å². The lowest BCUT2D eigenvalue weighted by Gasteiger charge is -2.22. The Bertz CT molecular complexity index is 449. The molecule has 1 amide bonds. The van der Waals surface area contributed by atoms with E-state index in [2.05, 4.69) is 0 Å². The molecule has 1 aromatic rings. The van der Waals surface area contributed by atoms with Gasteiger partial charge < -0.3 is 9.64 Å². The third-order valence-electron chi connectivity index (χ3n) is 3.03. The molecule has 2 atom stereocenters. The van der Waals surface area contributed by atoms with Crippen LogP contribution in [-0.2, 0) is 20.9 Å². The number of alkyl halides is 1. The van der Waals surface area contributed by atoms with Gasteiger partial charge in [0, 0.05) is 13.0 Å². The summed E-state index contributed by atoms with van der Waals surface area (Å²) in [7, 11) is 1.31. The van der Waals surface area contributed by atoms with Crippen molar-refractivity contribution in [3.05, 3.63) is 35.9 Å². The maximum absolute atomic E-state index is 11.9. The zero-order valence-electron chi connectivity index (χ0n) is 10.0. The topological polar surface area (TPSA) is 46.6 Å². The Morgan fingerprint density at radius 3 is 2.72 bits per heavy atom. The SMILES string of the molecule is COC(=O)C1CC(Cl)C(=O)N1Cc1ccccc1. The van der Waals surface area contributed by atoms with Crippen molar-refractivity contribution < 1.29 is 14.3 Å². The predicted octanol–water partition coefficient (Wildman–Crippen LogP) is 1.57. The normalized spacial score (nSPS) is 23.2. The average molecular weight is 268 g/mol. The molecule has 4 nitrogen and oxygen atoms in total. The summed E-state index contributed by atoms with van der Waals surface area (Å²) in [6, 6.07) is 8.91. The molecule has 1 aliphatic rings. The molecular formula is C13H14ClNO3. The predicted molar refractivity (Wildman–Crippen MR) is 67.1 cm³/mol. The van der Waals surface area contributed by atoms with Crippen molar-refractivity contribution in [1.29, 1.82) is 0 Å². The third-order valence-corrected chi connectivity index (χ3v) is 3.39. The lowest BCUT2D eigenvalue weighted by molar-refractivity contribution is -0.149. The van der Waals surface area contributed by atoms with E-state index in [9.17, 15) is 9.59 Å². The Balaban J connectivity index is 2.17. The van der Waals surface area contributed by atoms with E-state index < -0.39 is 17.4 Å². The van der Waals surface area contributed by atoms with E-state index in [-0.39, 0.29) is 5.91 Å². The van der Waals surface area contributed by atoms with Crippen molar-refractivity contribution in [3.63, 3.8) is 0 Å². The fourth-order valence-electron chi connectivity index (χ4n) is 2.09. The van der Waals surface area contributed by atoms with Crippen LogP contribution >= 0.6 is 11.6 Å². The molecule has 2 unspecified atom stereocenters. The number of halogens is 1. The van der Waals surface area contributed by atoms with Crippen LogP contribution < -0.4 is 0 Å². The van der Waals surface area contributed by atoms with Gasteiger partial charge in [-0.05, 0) is 5.56 Å². The average Bonchev–Trinajstić information content (AvgIpc) is 2.67. The van der Waals surface area contributed by atoms with Gasteiger partial charge in [-0.15, -0.1) is 11.6 Å². The first-order valence-electron chi connectivity index (χ1n) is 5.69. The fourth-order valence-corrected chi connectivity index (χ4v) is 2.38. The molecule has 0 saturated carbocycles. The van der Waals surface area contributed by atoms with Crippen molar-refractivity contribution in [2.45, 2.75) is 24.4 Å². The summed E-state index contributed by atoms with van der Waals surface area (Å²) in [6.07, 6.45) is 0.305. The van der Waals surface area contributed by atoms with Gasteiger partial charge in [0.1, 0.15) is 11.4 Å². The van der Waals surface area contributed by atoms with Crippen LogP contribution in [0.3, 0.4) is 0 Å². The number of carbonyl (C=O) groups excluding carboxylic acids is 2. The largest absolute Gasteiger partial charge is 0.467 e. The summed E-state index contributed by atoms with van der Waals surface area (Å²) in [5, 5.41) is -0.641. The maximum atomic E-state index is 11.9. The molecule has 0 spiro atoms. The Morgan fingerprint density at radius 1 is 1.44 bits per heavy atom. The van der Waals surface area contributed by atoms with Gasteiger partial charge in [-0.2, -0.15) is 0 Å². The minimum absolute atomic E-state index is 0.212. The molecule has 0 aliphatic carbocycles. The van der Waals surface area contributed by atoms with Gasteiger partial charge in [0.15, 0.2) is 0 Å². The van der Waals surface area contributed by atoms with Gasteiger partial charge in [0.2, 0.25) is 5.91 Å². The van der Waals surface area contributed by atoms with Crippen LogP contribution in [0, 0.1) is 0 Å². The molecule has 0 aromatic heterocycles. The molecule has 0 radical (unpaired) electrons. The molecule has 1 aromatic carbocycles.